The summed E-state index contributed by atoms with van der Waals surface area (Å²) in [4.78, 5) is 3.48. The van der Waals surface area contributed by atoms with Crippen LogP contribution in [-0.2, 0) is 0 Å². The van der Waals surface area contributed by atoms with Gasteiger partial charge in [-0.25, -0.2) is 4.39 Å². The smallest absolute Gasteiger partial charge is 0.128 e. The number of nitrogens with zero attached hydrogens (tertiary/aromatic N) is 1. The lowest BCUT2D eigenvalue weighted by molar-refractivity contribution is 0.197. The second kappa shape index (κ2) is 7.56. The Morgan fingerprint density at radius 1 is 1.24 bits per heavy atom. The fourth-order valence-corrected chi connectivity index (χ4v) is 3.70. The third kappa shape index (κ3) is 3.76. The Bertz CT molecular complexity index is 571. The number of nitrogens with one attached hydrogen (secondary N) is 1. The SMILES string of the molecule is Cl.Fc1ccc(Cl)cc1[C@H](c1cccs1)N1CCNCC1. The summed E-state index contributed by atoms with van der Waals surface area (Å²) in [6.45, 7) is 3.69. The molecular formula is C15H17Cl2FN2S. The van der Waals surface area contributed by atoms with Crippen LogP contribution in [0.2, 0.25) is 5.02 Å². The van der Waals surface area contributed by atoms with E-state index in [0.717, 1.165) is 31.1 Å². The van der Waals surface area contributed by atoms with Gasteiger partial charge in [0.2, 0.25) is 0 Å². The standard InChI is InChI=1S/C15H16ClFN2S.ClH/c16-11-3-4-13(17)12(10-11)15(14-2-1-9-20-14)19-7-5-18-6-8-19;/h1-4,9-10,15,18H,5-8H2;1H/t15-;/m1./s1. The molecule has 2 aromatic rings. The zero-order valence-electron chi connectivity index (χ0n) is 11.4. The second-order valence-electron chi connectivity index (χ2n) is 4.87. The molecule has 1 aliphatic heterocycles. The number of hydrogen-bond donors (Lipinski definition) is 1. The van der Waals surface area contributed by atoms with Crippen LogP contribution in [0.4, 0.5) is 4.39 Å². The highest BCUT2D eigenvalue weighted by atomic mass is 35.5. The highest BCUT2D eigenvalue weighted by Crippen LogP contribution is 2.34. The molecule has 21 heavy (non-hydrogen) atoms. The van der Waals surface area contributed by atoms with Gasteiger partial charge in [0.15, 0.2) is 0 Å². The number of benzene rings is 1. The van der Waals surface area contributed by atoms with E-state index in [9.17, 15) is 4.39 Å². The quantitative estimate of drug-likeness (QED) is 0.904. The summed E-state index contributed by atoms with van der Waals surface area (Å²) in [6, 6.07) is 8.85. The third-order valence-corrected chi connectivity index (χ3v) is 4.74. The van der Waals surface area contributed by atoms with E-state index in [2.05, 4.69) is 16.3 Å². The zero-order valence-corrected chi connectivity index (χ0v) is 13.8. The Kier molecular flexibility index (Phi) is 6.02. The summed E-state index contributed by atoms with van der Waals surface area (Å²) in [5.41, 5.74) is 0.668. The van der Waals surface area contributed by atoms with Crippen LogP contribution in [0.3, 0.4) is 0 Å². The Labute approximate surface area is 139 Å². The summed E-state index contributed by atoms with van der Waals surface area (Å²) in [7, 11) is 0. The molecule has 1 aromatic carbocycles. The van der Waals surface area contributed by atoms with Gasteiger partial charge in [-0.05, 0) is 29.6 Å². The average Bonchev–Trinajstić information content (AvgIpc) is 2.98. The van der Waals surface area contributed by atoms with Gasteiger partial charge in [0, 0.05) is 41.6 Å². The molecule has 114 valence electrons. The Balaban J connectivity index is 0.00000161. The maximum absolute atomic E-state index is 14.3. The van der Waals surface area contributed by atoms with Crippen LogP contribution < -0.4 is 5.32 Å². The van der Waals surface area contributed by atoms with Crippen molar-refractivity contribution in [2.24, 2.45) is 0 Å². The van der Waals surface area contributed by atoms with E-state index in [1.165, 1.54) is 6.07 Å². The van der Waals surface area contributed by atoms with Crippen LogP contribution in [-0.4, -0.2) is 31.1 Å². The van der Waals surface area contributed by atoms with E-state index < -0.39 is 0 Å². The van der Waals surface area contributed by atoms with Gasteiger partial charge < -0.3 is 5.32 Å². The summed E-state index contributed by atoms with van der Waals surface area (Å²) in [6.07, 6.45) is 0. The van der Waals surface area contributed by atoms with Crippen molar-refractivity contribution in [2.45, 2.75) is 6.04 Å². The van der Waals surface area contributed by atoms with Crippen molar-refractivity contribution in [2.75, 3.05) is 26.2 Å². The normalized spacial score (nSPS) is 17.2. The monoisotopic (exact) mass is 346 g/mol. The first-order chi connectivity index (χ1) is 9.75. The van der Waals surface area contributed by atoms with Crippen LogP contribution in [0.5, 0.6) is 0 Å². The fourth-order valence-electron chi connectivity index (χ4n) is 2.64. The molecule has 0 spiro atoms. The Morgan fingerprint density at radius 2 is 2.00 bits per heavy atom. The van der Waals surface area contributed by atoms with Gasteiger partial charge in [0.05, 0.1) is 6.04 Å². The highest BCUT2D eigenvalue weighted by molar-refractivity contribution is 7.10. The minimum absolute atomic E-state index is 0. The molecular weight excluding hydrogens is 330 g/mol. The largest absolute Gasteiger partial charge is 0.314 e. The number of piperazine rings is 1. The molecule has 6 heteroatoms. The first-order valence-electron chi connectivity index (χ1n) is 6.69. The fraction of sp³-hybridized carbons (Fsp3) is 0.333. The lowest BCUT2D eigenvalue weighted by Gasteiger charge is -2.35. The van der Waals surface area contributed by atoms with Crippen molar-refractivity contribution in [1.82, 2.24) is 10.2 Å². The first kappa shape index (κ1) is 16.7. The van der Waals surface area contributed by atoms with Gasteiger partial charge in [-0.3, -0.25) is 4.90 Å². The van der Waals surface area contributed by atoms with E-state index in [0.29, 0.717) is 10.6 Å². The highest BCUT2D eigenvalue weighted by Gasteiger charge is 2.27. The molecule has 0 amide bonds. The number of thiophene rings is 1. The molecule has 1 aliphatic rings. The second-order valence-corrected chi connectivity index (χ2v) is 6.29. The molecule has 1 atom stereocenters. The Hall–Kier alpha value is -0.650. The number of hydrogen-bond acceptors (Lipinski definition) is 3. The molecule has 0 saturated carbocycles. The van der Waals surface area contributed by atoms with Gasteiger partial charge in [-0.15, -0.1) is 23.7 Å². The Morgan fingerprint density at radius 3 is 2.67 bits per heavy atom. The van der Waals surface area contributed by atoms with Crippen LogP contribution in [0.1, 0.15) is 16.5 Å². The molecule has 0 unspecified atom stereocenters. The van der Waals surface area contributed by atoms with Gasteiger partial charge in [-0.1, -0.05) is 17.7 Å². The third-order valence-electron chi connectivity index (χ3n) is 3.58. The van der Waals surface area contributed by atoms with Crippen molar-refractivity contribution < 1.29 is 4.39 Å². The van der Waals surface area contributed by atoms with Crippen LogP contribution in [0.25, 0.3) is 0 Å². The lowest BCUT2D eigenvalue weighted by atomic mass is 10.0. The predicted molar refractivity (Wildman–Crippen MR) is 89.3 cm³/mol. The van der Waals surface area contributed by atoms with E-state index in [1.54, 1.807) is 23.5 Å². The summed E-state index contributed by atoms with van der Waals surface area (Å²) < 4.78 is 14.3. The van der Waals surface area contributed by atoms with E-state index in [1.807, 2.05) is 11.4 Å². The summed E-state index contributed by atoms with van der Waals surface area (Å²) in [5, 5.41) is 5.95. The lowest BCUT2D eigenvalue weighted by Crippen LogP contribution is -2.45. The minimum Gasteiger partial charge on any atom is -0.314 e. The first-order valence-corrected chi connectivity index (χ1v) is 7.94. The van der Waals surface area contributed by atoms with Crippen LogP contribution >= 0.6 is 35.3 Å². The van der Waals surface area contributed by atoms with E-state index in [-0.39, 0.29) is 24.3 Å². The van der Waals surface area contributed by atoms with Crippen molar-refractivity contribution >= 4 is 35.3 Å². The molecule has 2 heterocycles. The minimum atomic E-state index is -0.189. The van der Waals surface area contributed by atoms with Gasteiger partial charge in [-0.2, -0.15) is 0 Å². The summed E-state index contributed by atoms with van der Waals surface area (Å²) >= 11 is 7.73. The van der Waals surface area contributed by atoms with Crippen LogP contribution in [0, 0.1) is 5.82 Å². The molecule has 1 aromatic heterocycles. The van der Waals surface area contributed by atoms with Crippen molar-refractivity contribution in [1.29, 1.82) is 0 Å². The van der Waals surface area contributed by atoms with Gasteiger partial charge in [0.1, 0.15) is 5.82 Å². The molecule has 3 rings (SSSR count). The van der Waals surface area contributed by atoms with Crippen molar-refractivity contribution in [3.8, 4) is 0 Å². The van der Waals surface area contributed by atoms with Gasteiger partial charge in [0.25, 0.3) is 0 Å². The van der Waals surface area contributed by atoms with E-state index >= 15 is 0 Å². The zero-order chi connectivity index (χ0) is 13.9. The molecule has 0 aliphatic carbocycles. The van der Waals surface area contributed by atoms with Crippen molar-refractivity contribution in [3.05, 3.63) is 57.0 Å². The molecule has 0 radical (unpaired) electrons. The number of halogens is 3. The maximum atomic E-state index is 14.3. The van der Waals surface area contributed by atoms with Crippen molar-refractivity contribution in [3.63, 3.8) is 0 Å². The average molecular weight is 347 g/mol. The maximum Gasteiger partial charge on any atom is 0.128 e. The van der Waals surface area contributed by atoms with E-state index in [4.69, 9.17) is 11.6 Å². The molecule has 1 fully saturated rings. The predicted octanol–water partition coefficient (Wildman–Crippen LogP) is 3.96. The van der Waals surface area contributed by atoms with Gasteiger partial charge >= 0.3 is 0 Å². The molecule has 2 nitrogen and oxygen atoms in total. The molecule has 0 bridgehead atoms. The summed E-state index contributed by atoms with van der Waals surface area (Å²) in [5.74, 6) is -0.189. The van der Waals surface area contributed by atoms with Crippen LogP contribution in [0.15, 0.2) is 35.7 Å². The topological polar surface area (TPSA) is 15.3 Å². The molecule has 1 saturated heterocycles. The molecule has 1 N–H and O–H groups in total. The number of rotatable bonds is 3.